The maximum absolute atomic E-state index is 3.72. The van der Waals surface area contributed by atoms with Gasteiger partial charge in [-0.25, -0.2) is 0 Å². The van der Waals surface area contributed by atoms with E-state index >= 15 is 0 Å². The molecule has 2 rings (SSSR count). The third kappa shape index (κ3) is 4.84. The monoisotopic (exact) mass is 224 g/mol. The van der Waals surface area contributed by atoms with E-state index in [0.717, 1.165) is 12.0 Å². The maximum Gasteiger partial charge on any atom is 0.00670 e. The van der Waals surface area contributed by atoms with Gasteiger partial charge in [-0.2, -0.15) is 0 Å². The molecule has 2 saturated carbocycles. The van der Waals surface area contributed by atoms with Crippen molar-refractivity contribution in [1.29, 1.82) is 0 Å². The van der Waals surface area contributed by atoms with Crippen molar-refractivity contribution in [3.8, 4) is 0 Å². The first kappa shape index (κ1) is 12.4. The molecule has 0 atom stereocenters. The number of nitrogens with zero attached hydrogens (tertiary/aromatic N) is 1. The van der Waals surface area contributed by atoms with E-state index in [1.807, 2.05) is 0 Å². The molecule has 0 radical (unpaired) electrons. The van der Waals surface area contributed by atoms with E-state index < -0.39 is 0 Å². The first-order valence-electron chi connectivity index (χ1n) is 7.26. The van der Waals surface area contributed by atoms with Crippen LogP contribution in [0.1, 0.15) is 51.4 Å². The SMILES string of the molecule is CN(CCCNC1CCCCC1)CC1CC1. The predicted molar refractivity (Wildman–Crippen MR) is 69.7 cm³/mol. The number of hydrogen-bond donors (Lipinski definition) is 1. The molecule has 16 heavy (non-hydrogen) atoms. The molecule has 2 heteroatoms. The Morgan fingerprint density at radius 2 is 1.81 bits per heavy atom. The number of hydrogen-bond acceptors (Lipinski definition) is 2. The van der Waals surface area contributed by atoms with Crippen molar-refractivity contribution in [3.05, 3.63) is 0 Å². The van der Waals surface area contributed by atoms with Crippen molar-refractivity contribution in [2.24, 2.45) is 5.92 Å². The highest BCUT2D eigenvalue weighted by atomic mass is 15.1. The van der Waals surface area contributed by atoms with Crippen LogP contribution in [0.4, 0.5) is 0 Å². The van der Waals surface area contributed by atoms with Crippen LogP contribution in [0.2, 0.25) is 0 Å². The Labute approximate surface area is 101 Å². The highest BCUT2D eigenvalue weighted by Crippen LogP contribution is 2.29. The van der Waals surface area contributed by atoms with Gasteiger partial charge >= 0.3 is 0 Å². The third-order valence-corrected chi connectivity index (χ3v) is 4.02. The fourth-order valence-electron chi connectivity index (χ4n) is 2.79. The van der Waals surface area contributed by atoms with Crippen LogP contribution in [0.25, 0.3) is 0 Å². The van der Waals surface area contributed by atoms with Crippen molar-refractivity contribution in [2.75, 3.05) is 26.7 Å². The Kier molecular flexibility index (Phi) is 5.11. The number of nitrogens with one attached hydrogen (secondary N) is 1. The van der Waals surface area contributed by atoms with E-state index in [0.29, 0.717) is 0 Å². The third-order valence-electron chi connectivity index (χ3n) is 4.02. The zero-order valence-corrected chi connectivity index (χ0v) is 10.9. The van der Waals surface area contributed by atoms with Gasteiger partial charge in [0.1, 0.15) is 0 Å². The molecule has 1 N–H and O–H groups in total. The zero-order valence-electron chi connectivity index (χ0n) is 10.9. The summed E-state index contributed by atoms with van der Waals surface area (Å²) >= 11 is 0. The molecular weight excluding hydrogens is 196 g/mol. The molecule has 94 valence electrons. The molecule has 0 unspecified atom stereocenters. The molecule has 2 aliphatic carbocycles. The first-order chi connectivity index (χ1) is 7.84. The fraction of sp³-hybridized carbons (Fsp3) is 1.00. The van der Waals surface area contributed by atoms with Crippen LogP contribution in [-0.2, 0) is 0 Å². The zero-order chi connectivity index (χ0) is 11.2. The van der Waals surface area contributed by atoms with Crippen molar-refractivity contribution < 1.29 is 0 Å². The van der Waals surface area contributed by atoms with Crippen LogP contribution in [0.5, 0.6) is 0 Å². The molecule has 0 spiro atoms. The fourth-order valence-corrected chi connectivity index (χ4v) is 2.79. The lowest BCUT2D eigenvalue weighted by Gasteiger charge is -2.23. The first-order valence-corrected chi connectivity index (χ1v) is 7.26. The minimum Gasteiger partial charge on any atom is -0.314 e. The molecule has 0 bridgehead atoms. The normalized spacial score (nSPS) is 22.9. The molecule has 0 aliphatic heterocycles. The molecule has 0 saturated heterocycles. The summed E-state index contributed by atoms with van der Waals surface area (Å²) in [5, 5.41) is 3.72. The van der Waals surface area contributed by atoms with Crippen molar-refractivity contribution in [2.45, 2.75) is 57.4 Å². The van der Waals surface area contributed by atoms with E-state index in [-0.39, 0.29) is 0 Å². The van der Waals surface area contributed by atoms with Crippen LogP contribution in [0, 0.1) is 5.92 Å². The molecule has 0 aromatic heterocycles. The lowest BCUT2D eigenvalue weighted by Crippen LogP contribution is -2.33. The molecule has 2 nitrogen and oxygen atoms in total. The second-order valence-corrected chi connectivity index (χ2v) is 5.85. The molecule has 2 aliphatic rings. The number of rotatable bonds is 7. The Bertz CT molecular complexity index is 183. The molecule has 0 heterocycles. The Hall–Kier alpha value is -0.0800. The lowest BCUT2D eigenvalue weighted by molar-refractivity contribution is 0.304. The Balaban J connectivity index is 1.44. The van der Waals surface area contributed by atoms with E-state index in [1.165, 1.54) is 71.0 Å². The van der Waals surface area contributed by atoms with E-state index in [9.17, 15) is 0 Å². The summed E-state index contributed by atoms with van der Waals surface area (Å²) in [7, 11) is 2.28. The standard InChI is InChI=1S/C14H28N2/c1-16(12-13-8-9-13)11-5-10-15-14-6-3-2-4-7-14/h13-15H,2-12H2,1H3. The van der Waals surface area contributed by atoms with Crippen LogP contribution in [0.15, 0.2) is 0 Å². The van der Waals surface area contributed by atoms with Crippen LogP contribution in [0.3, 0.4) is 0 Å². The summed E-state index contributed by atoms with van der Waals surface area (Å²) in [6, 6.07) is 0.836. The van der Waals surface area contributed by atoms with Crippen molar-refractivity contribution >= 4 is 0 Å². The van der Waals surface area contributed by atoms with Crippen LogP contribution in [-0.4, -0.2) is 37.6 Å². The van der Waals surface area contributed by atoms with Crippen LogP contribution >= 0.6 is 0 Å². The summed E-state index contributed by atoms with van der Waals surface area (Å²) in [6.07, 6.45) is 11.5. The minimum atomic E-state index is 0.836. The average Bonchev–Trinajstić information content (AvgIpc) is 3.10. The summed E-state index contributed by atoms with van der Waals surface area (Å²) in [4.78, 5) is 2.51. The lowest BCUT2D eigenvalue weighted by atomic mass is 9.95. The Morgan fingerprint density at radius 3 is 2.50 bits per heavy atom. The van der Waals surface area contributed by atoms with Gasteiger partial charge in [-0.1, -0.05) is 19.3 Å². The van der Waals surface area contributed by atoms with Gasteiger partial charge in [0, 0.05) is 12.6 Å². The van der Waals surface area contributed by atoms with E-state index in [1.54, 1.807) is 0 Å². The maximum atomic E-state index is 3.72. The van der Waals surface area contributed by atoms with Gasteiger partial charge < -0.3 is 10.2 Å². The van der Waals surface area contributed by atoms with Crippen LogP contribution < -0.4 is 5.32 Å². The van der Waals surface area contributed by atoms with Gasteiger partial charge in [-0.3, -0.25) is 0 Å². The molecule has 2 fully saturated rings. The molecule has 0 amide bonds. The largest absolute Gasteiger partial charge is 0.314 e. The van der Waals surface area contributed by atoms with E-state index in [2.05, 4.69) is 17.3 Å². The molecular formula is C14H28N2. The van der Waals surface area contributed by atoms with E-state index in [4.69, 9.17) is 0 Å². The topological polar surface area (TPSA) is 15.3 Å². The predicted octanol–water partition coefficient (Wildman–Crippen LogP) is 2.64. The summed E-state index contributed by atoms with van der Waals surface area (Å²) in [6.45, 7) is 3.83. The smallest absolute Gasteiger partial charge is 0.00670 e. The quantitative estimate of drug-likeness (QED) is 0.669. The highest BCUT2D eigenvalue weighted by Gasteiger charge is 2.22. The summed E-state index contributed by atoms with van der Waals surface area (Å²) in [5.41, 5.74) is 0. The van der Waals surface area contributed by atoms with Gasteiger partial charge in [-0.05, 0) is 58.2 Å². The summed E-state index contributed by atoms with van der Waals surface area (Å²) < 4.78 is 0. The van der Waals surface area contributed by atoms with Gasteiger partial charge in [0.05, 0.1) is 0 Å². The average molecular weight is 224 g/mol. The molecule has 0 aromatic rings. The molecule has 0 aromatic carbocycles. The minimum absolute atomic E-state index is 0.836. The summed E-state index contributed by atoms with van der Waals surface area (Å²) in [5.74, 6) is 1.04. The van der Waals surface area contributed by atoms with Gasteiger partial charge in [0.25, 0.3) is 0 Å². The van der Waals surface area contributed by atoms with Crippen molar-refractivity contribution in [1.82, 2.24) is 10.2 Å². The second kappa shape index (κ2) is 6.61. The van der Waals surface area contributed by atoms with Crippen molar-refractivity contribution in [3.63, 3.8) is 0 Å². The Morgan fingerprint density at radius 1 is 1.06 bits per heavy atom. The van der Waals surface area contributed by atoms with Gasteiger partial charge in [0.2, 0.25) is 0 Å². The second-order valence-electron chi connectivity index (χ2n) is 5.85. The van der Waals surface area contributed by atoms with Gasteiger partial charge in [0.15, 0.2) is 0 Å². The van der Waals surface area contributed by atoms with Gasteiger partial charge in [-0.15, -0.1) is 0 Å². The highest BCUT2D eigenvalue weighted by molar-refractivity contribution is 4.76.